The van der Waals surface area contributed by atoms with Gasteiger partial charge in [0.25, 0.3) is 0 Å². The van der Waals surface area contributed by atoms with Crippen molar-refractivity contribution in [2.45, 2.75) is 0 Å². The zero-order chi connectivity index (χ0) is 12.8. The van der Waals surface area contributed by atoms with E-state index in [1.54, 1.807) is 0 Å². The number of pyridine rings is 1. The highest BCUT2D eigenvalue weighted by Crippen LogP contribution is 2.35. The van der Waals surface area contributed by atoms with E-state index in [1.807, 2.05) is 0 Å². The van der Waals surface area contributed by atoms with E-state index in [0.29, 0.717) is 0 Å². The Morgan fingerprint density at radius 1 is 1.47 bits per heavy atom. The predicted octanol–water partition coefficient (Wildman–Crippen LogP) is 0.489. The van der Waals surface area contributed by atoms with Crippen LogP contribution in [0.3, 0.4) is 0 Å². The Morgan fingerprint density at radius 2 is 2.12 bits per heavy atom. The summed E-state index contributed by atoms with van der Waals surface area (Å²) in [5.41, 5.74) is -1.27. The summed E-state index contributed by atoms with van der Waals surface area (Å²) in [6, 6.07) is 2.69. The van der Waals surface area contributed by atoms with Crippen molar-refractivity contribution in [2.75, 3.05) is 0 Å². The monoisotopic (exact) mass is 276 g/mol. The van der Waals surface area contributed by atoms with Crippen LogP contribution in [0.1, 0.15) is 10.5 Å². The molecule has 2 aromatic rings. The maximum atomic E-state index is 11.3. The smallest absolute Gasteiger partial charge is 0.375 e. The number of carboxylic acids is 1. The third-order valence-corrected chi connectivity index (χ3v) is 3.26. The van der Waals surface area contributed by atoms with Crippen molar-refractivity contribution in [1.29, 1.82) is 0 Å². The number of rotatable bonds is 2. The first-order valence-corrected chi connectivity index (χ1v) is 6.27. The minimum Gasteiger partial charge on any atom is -0.476 e. The van der Waals surface area contributed by atoms with Crippen molar-refractivity contribution >= 4 is 36.2 Å². The molecule has 0 fully saturated rings. The lowest BCUT2D eigenvalue weighted by molar-refractivity contribution is 0.0692. The van der Waals surface area contributed by atoms with Crippen LogP contribution >= 0.6 is 19.2 Å². The summed E-state index contributed by atoms with van der Waals surface area (Å²) in [4.78, 5) is 32.8. The summed E-state index contributed by atoms with van der Waals surface area (Å²) in [6.07, 6.45) is 1.26. The van der Waals surface area contributed by atoms with Crippen molar-refractivity contribution < 1.29 is 24.3 Å². The normalized spacial score (nSPS) is 11.9. The van der Waals surface area contributed by atoms with Crippen LogP contribution in [0.5, 0.6) is 0 Å². The minimum atomic E-state index is -4.75. The van der Waals surface area contributed by atoms with Crippen LogP contribution in [0.4, 0.5) is 0 Å². The molecule has 0 saturated heterocycles. The third-order valence-electron chi connectivity index (χ3n) is 2.04. The maximum absolute atomic E-state index is 11.3. The topological polar surface area (TPSA) is 112 Å². The van der Waals surface area contributed by atoms with Gasteiger partial charge in [0.15, 0.2) is 11.1 Å². The van der Waals surface area contributed by atoms with Gasteiger partial charge in [-0.2, -0.15) is 0 Å². The Bertz CT molecular complexity index is 661. The molecule has 0 saturated carbocycles. The van der Waals surface area contributed by atoms with Gasteiger partial charge in [-0.25, -0.2) is 9.78 Å². The molecule has 2 aromatic heterocycles. The molecule has 0 aliphatic rings. The molecule has 0 spiro atoms. The van der Waals surface area contributed by atoms with Crippen molar-refractivity contribution in [2.24, 2.45) is 0 Å². The number of fused-ring (bicyclic) bond motifs is 1. The Labute approximate surface area is 99.4 Å². The fourth-order valence-corrected chi connectivity index (χ4v) is 2.45. The summed E-state index contributed by atoms with van der Waals surface area (Å²) in [6.45, 7) is 0. The van der Waals surface area contributed by atoms with Gasteiger partial charge in [0.1, 0.15) is 5.65 Å². The standard InChI is InChI=1S/C8H6ClN2O5P/c9-4-1-2-11-5(3-4)10-6(8(12)13)7(11)17(14,15)16/h1-3H,(H,12,13)(H2,14,15,16). The van der Waals surface area contributed by atoms with Crippen LogP contribution in [-0.4, -0.2) is 30.2 Å². The van der Waals surface area contributed by atoms with Crippen molar-refractivity contribution in [3.63, 3.8) is 0 Å². The molecule has 9 heteroatoms. The molecule has 2 heterocycles. The van der Waals surface area contributed by atoms with Crippen LogP contribution in [0, 0.1) is 0 Å². The second kappa shape index (κ2) is 3.82. The van der Waals surface area contributed by atoms with Crippen molar-refractivity contribution in [1.82, 2.24) is 9.38 Å². The van der Waals surface area contributed by atoms with E-state index in [2.05, 4.69) is 4.98 Å². The lowest BCUT2D eigenvalue weighted by atomic mass is 10.5. The quantitative estimate of drug-likeness (QED) is 0.688. The lowest BCUT2D eigenvalue weighted by Gasteiger charge is -2.04. The first kappa shape index (κ1) is 12.1. The largest absolute Gasteiger partial charge is 0.476 e. The molecular weight excluding hydrogens is 271 g/mol. The van der Waals surface area contributed by atoms with Gasteiger partial charge in [0, 0.05) is 17.3 Å². The number of carboxylic acid groups (broad SMARTS) is 1. The molecule has 0 amide bonds. The average Bonchev–Trinajstić information content (AvgIpc) is 2.55. The molecule has 0 unspecified atom stereocenters. The Hall–Kier alpha value is -1.40. The van der Waals surface area contributed by atoms with Crippen LogP contribution in [0.25, 0.3) is 5.65 Å². The first-order chi connectivity index (χ1) is 7.80. The number of imidazole rings is 1. The molecule has 0 aromatic carbocycles. The number of aromatic carboxylic acids is 1. The average molecular weight is 277 g/mol. The summed E-state index contributed by atoms with van der Waals surface area (Å²) in [5.74, 6) is -1.51. The van der Waals surface area contributed by atoms with Crippen molar-refractivity contribution in [3.8, 4) is 0 Å². The van der Waals surface area contributed by atoms with Gasteiger partial charge in [0.2, 0.25) is 0 Å². The fraction of sp³-hybridized carbons (Fsp3) is 0. The molecule has 0 atom stereocenters. The van der Waals surface area contributed by atoms with Gasteiger partial charge in [-0.15, -0.1) is 0 Å². The lowest BCUT2D eigenvalue weighted by Crippen LogP contribution is -2.18. The van der Waals surface area contributed by atoms with Gasteiger partial charge in [-0.3, -0.25) is 8.97 Å². The number of nitrogens with zero attached hydrogens (tertiary/aromatic N) is 2. The van der Waals surface area contributed by atoms with Crippen LogP contribution in [-0.2, 0) is 4.57 Å². The molecule has 17 heavy (non-hydrogen) atoms. The molecule has 0 radical (unpaired) electrons. The summed E-state index contributed by atoms with van der Waals surface area (Å²) in [5, 5.41) is 9.14. The van der Waals surface area contributed by atoms with Crippen LogP contribution in [0.2, 0.25) is 5.02 Å². The van der Waals surface area contributed by atoms with E-state index in [4.69, 9.17) is 26.5 Å². The van der Waals surface area contributed by atoms with Gasteiger partial charge in [-0.05, 0) is 6.07 Å². The van der Waals surface area contributed by atoms with E-state index in [1.165, 1.54) is 18.3 Å². The zero-order valence-electron chi connectivity index (χ0n) is 8.11. The number of halogens is 1. The van der Waals surface area contributed by atoms with E-state index in [9.17, 15) is 9.36 Å². The number of hydrogen-bond donors (Lipinski definition) is 3. The number of hydrogen-bond acceptors (Lipinski definition) is 3. The molecule has 0 aliphatic heterocycles. The third kappa shape index (κ3) is 2.05. The number of aromatic nitrogens is 2. The van der Waals surface area contributed by atoms with Gasteiger partial charge in [-0.1, -0.05) is 11.6 Å². The molecule has 90 valence electrons. The SMILES string of the molecule is O=C(O)c1nc2cc(Cl)ccn2c1P(=O)(O)O. The second-order valence-corrected chi connectivity index (χ2v) is 5.15. The number of carbonyl (C=O) groups is 1. The molecule has 2 rings (SSSR count). The van der Waals surface area contributed by atoms with Gasteiger partial charge in [0.05, 0.1) is 0 Å². The Kier molecular flexibility index (Phi) is 2.71. The van der Waals surface area contributed by atoms with E-state index in [0.717, 1.165) is 4.40 Å². The highest BCUT2D eigenvalue weighted by atomic mass is 35.5. The summed E-state index contributed by atoms with van der Waals surface area (Å²) >= 11 is 5.68. The Morgan fingerprint density at radius 3 is 2.65 bits per heavy atom. The van der Waals surface area contributed by atoms with Gasteiger partial charge >= 0.3 is 13.6 Å². The highest BCUT2D eigenvalue weighted by Gasteiger charge is 2.31. The van der Waals surface area contributed by atoms with Crippen LogP contribution < -0.4 is 5.44 Å². The van der Waals surface area contributed by atoms with E-state index >= 15 is 0 Å². The molecule has 7 nitrogen and oxygen atoms in total. The zero-order valence-corrected chi connectivity index (χ0v) is 9.76. The van der Waals surface area contributed by atoms with E-state index < -0.39 is 24.7 Å². The molecule has 0 bridgehead atoms. The minimum absolute atomic E-state index is 0.0632. The van der Waals surface area contributed by atoms with Crippen LogP contribution in [0.15, 0.2) is 18.3 Å². The maximum Gasteiger partial charge on any atom is 0.375 e. The Balaban J connectivity index is 2.91. The second-order valence-electron chi connectivity index (χ2n) is 3.21. The summed E-state index contributed by atoms with van der Waals surface area (Å²) in [7, 11) is -4.75. The van der Waals surface area contributed by atoms with E-state index in [-0.39, 0.29) is 10.7 Å². The molecular formula is C8H6ClN2O5P. The predicted molar refractivity (Wildman–Crippen MR) is 58.8 cm³/mol. The molecule has 0 aliphatic carbocycles. The summed E-state index contributed by atoms with van der Waals surface area (Å²) < 4.78 is 12.3. The van der Waals surface area contributed by atoms with Crippen molar-refractivity contribution in [3.05, 3.63) is 29.0 Å². The van der Waals surface area contributed by atoms with Gasteiger partial charge < -0.3 is 14.9 Å². The fourth-order valence-electron chi connectivity index (χ4n) is 1.43. The highest BCUT2D eigenvalue weighted by molar-refractivity contribution is 7.60. The molecule has 3 N–H and O–H groups in total. The first-order valence-electron chi connectivity index (χ1n) is 4.27.